The standard InChI is InChI=1S/C12H19NO/c1-12(2,3)11(14)10-6-4-9(8-13)5-7-10/h9-10H,4-7H2,1-3H3/t9-,10+. The van der Waals surface area contributed by atoms with Crippen LogP contribution in [-0.2, 0) is 4.79 Å². The predicted molar refractivity (Wildman–Crippen MR) is 55.5 cm³/mol. The van der Waals surface area contributed by atoms with E-state index < -0.39 is 0 Å². The van der Waals surface area contributed by atoms with Crippen molar-refractivity contribution < 1.29 is 4.79 Å². The Morgan fingerprint density at radius 3 is 2.07 bits per heavy atom. The largest absolute Gasteiger partial charge is 0.299 e. The SMILES string of the molecule is CC(C)(C)C(=O)[C@H]1CC[C@@H](C#N)CC1. The summed E-state index contributed by atoms with van der Waals surface area (Å²) in [6, 6.07) is 2.29. The van der Waals surface area contributed by atoms with Crippen LogP contribution in [0.15, 0.2) is 0 Å². The Morgan fingerprint density at radius 1 is 1.21 bits per heavy atom. The summed E-state index contributed by atoms with van der Waals surface area (Å²) in [7, 11) is 0. The third kappa shape index (κ3) is 2.57. The molecule has 1 rings (SSSR count). The summed E-state index contributed by atoms with van der Waals surface area (Å²) in [6.45, 7) is 5.93. The Labute approximate surface area is 86.3 Å². The van der Waals surface area contributed by atoms with Crippen molar-refractivity contribution in [1.82, 2.24) is 0 Å². The molecule has 0 aromatic rings. The molecular weight excluding hydrogens is 174 g/mol. The van der Waals surface area contributed by atoms with Crippen LogP contribution < -0.4 is 0 Å². The molecule has 0 amide bonds. The Hall–Kier alpha value is -0.840. The van der Waals surface area contributed by atoms with E-state index >= 15 is 0 Å². The van der Waals surface area contributed by atoms with Crippen molar-refractivity contribution in [3.8, 4) is 6.07 Å². The lowest BCUT2D eigenvalue weighted by atomic mass is 9.74. The summed E-state index contributed by atoms with van der Waals surface area (Å²) < 4.78 is 0. The molecule has 0 unspecified atom stereocenters. The Kier molecular flexibility index (Phi) is 3.31. The summed E-state index contributed by atoms with van der Waals surface area (Å²) in [5.74, 6) is 0.771. The second-order valence-corrected chi connectivity index (χ2v) is 5.29. The van der Waals surface area contributed by atoms with Gasteiger partial charge in [-0.1, -0.05) is 20.8 Å². The number of ketones is 1. The smallest absolute Gasteiger partial charge is 0.141 e. The van der Waals surface area contributed by atoms with Gasteiger partial charge in [-0.15, -0.1) is 0 Å². The molecule has 14 heavy (non-hydrogen) atoms. The first-order valence-electron chi connectivity index (χ1n) is 5.39. The van der Waals surface area contributed by atoms with E-state index in [-0.39, 0.29) is 17.3 Å². The van der Waals surface area contributed by atoms with Gasteiger partial charge in [0, 0.05) is 17.3 Å². The van der Waals surface area contributed by atoms with Gasteiger partial charge >= 0.3 is 0 Å². The zero-order valence-electron chi connectivity index (χ0n) is 9.34. The normalized spacial score (nSPS) is 28.1. The van der Waals surface area contributed by atoms with Gasteiger partial charge in [0.2, 0.25) is 0 Å². The molecule has 0 aromatic carbocycles. The van der Waals surface area contributed by atoms with Gasteiger partial charge in [0.1, 0.15) is 5.78 Å². The van der Waals surface area contributed by atoms with Crippen LogP contribution in [0.2, 0.25) is 0 Å². The first kappa shape index (κ1) is 11.2. The summed E-state index contributed by atoms with van der Waals surface area (Å²) in [5, 5.41) is 8.74. The maximum Gasteiger partial charge on any atom is 0.141 e. The number of rotatable bonds is 1. The van der Waals surface area contributed by atoms with E-state index in [0.29, 0.717) is 5.78 Å². The van der Waals surface area contributed by atoms with Crippen LogP contribution in [-0.4, -0.2) is 5.78 Å². The number of carbonyl (C=O) groups excluding carboxylic acids is 1. The highest BCUT2D eigenvalue weighted by molar-refractivity contribution is 5.86. The van der Waals surface area contributed by atoms with E-state index in [1.807, 2.05) is 20.8 Å². The summed E-state index contributed by atoms with van der Waals surface area (Å²) in [4.78, 5) is 11.9. The van der Waals surface area contributed by atoms with Crippen LogP contribution in [0.1, 0.15) is 46.5 Å². The third-order valence-electron chi connectivity index (χ3n) is 3.02. The van der Waals surface area contributed by atoms with Gasteiger partial charge in [0.05, 0.1) is 6.07 Å². The number of nitrogens with zero attached hydrogens (tertiary/aromatic N) is 1. The fraction of sp³-hybridized carbons (Fsp3) is 0.833. The number of hydrogen-bond acceptors (Lipinski definition) is 2. The van der Waals surface area contributed by atoms with E-state index in [0.717, 1.165) is 25.7 Å². The van der Waals surface area contributed by atoms with Crippen LogP contribution >= 0.6 is 0 Å². The van der Waals surface area contributed by atoms with Crippen molar-refractivity contribution in [1.29, 1.82) is 5.26 Å². The average Bonchev–Trinajstić information content (AvgIpc) is 2.15. The van der Waals surface area contributed by atoms with Crippen molar-refractivity contribution in [2.24, 2.45) is 17.3 Å². The van der Waals surface area contributed by atoms with Gasteiger partial charge in [-0.25, -0.2) is 0 Å². The molecule has 2 heteroatoms. The molecule has 0 spiro atoms. The van der Waals surface area contributed by atoms with Crippen molar-refractivity contribution in [2.45, 2.75) is 46.5 Å². The maximum atomic E-state index is 11.9. The number of nitriles is 1. The molecule has 1 aliphatic carbocycles. The summed E-state index contributed by atoms with van der Waals surface area (Å²) in [6.07, 6.45) is 3.63. The van der Waals surface area contributed by atoms with Crippen LogP contribution in [0.3, 0.4) is 0 Å². The van der Waals surface area contributed by atoms with Crippen molar-refractivity contribution in [3.05, 3.63) is 0 Å². The highest BCUT2D eigenvalue weighted by Gasteiger charge is 2.32. The summed E-state index contributed by atoms with van der Waals surface area (Å²) in [5.41, 5.74) is -0.218. The second kappa shape index (κ2) is 4.13. The minimum atomic E-state index is -0.218. The Morgan fingerprint density at radius 2 is 1.71 bits per heavy atom. The van der Waals surface area contributed by atoms with E-state index in [2.05, 4.69) is 6.07 Å². The molecule has 0 N–H and O–H groups in total. The van der Waals surface area contributed by atoms with Crippen LogP contribution in [0.5, 0.6) is 0 Å². The topological polar surface area (TPSA) is 40.9 Å². The average molecular weight is 193 g/mol. The first-order chi connectivity index (χ1) is 6.45. The van der Waals surface area contributed by atoms with Crippen molar-refractivity contribution in [3.63, 3.8) is 0 Å². The van der Waals surface area contributed by atoms with Crippen molar-refractivity contribution >= 4 is 5.78 Å². The lowest BCUT2D eigenvalue weighted by molar-refractivity contribution is -0.131. The van der Waals surface area contributed by atoms with Crippen molar-refractivity contribution in [2.75, 3.05) is 0 Å². The molecule has 1 fully saturated rings. The molecule has 0 bridgehead atoms. The second-order valence-electron chi connectivity index (χ2n) is 5.29. The molecule has 1 aliphatic rings. The number of carbonyl (C=O) groups is 1. The maximum absolute atomic E-state index is 11.9. The molecule has 0 saturated heterocycles. The van der Waals surface area contributed by atoms with Crippen LogP contribution in [0.25, 0.3) is 0 Å². The van der Waals surface area contributed by atoms with Crippen LogP contribution in [0, 0.1) is 28.6 Å². The van der Waals surface area contributed by atoms with Gasteiger partial charge in [-0.05, 0) is 25.7 Å². The van der Waals surface area contributed by atoms with E-state index in [1.54, 1.807) is 0 Å². The van der Waals surface area contributed by atoms with Gasteiger partial charge in [-0.3, -0.25) is 4.79 Å². The predicted octanol–water partition coefficient (Wildman–Crippen LogP) is 2.93. The van der Waals surface area contributed by atoms with Crippen LogP contribution in [0.4, 0.5) is 0 Å². The molecule has 0 radical (unpaired) electrons. The monoisotopic (exact) mass is 193 g/mol. The molecular formula is C12H19NO. The first-order valence-corrected chi connectivity index (χ1v) is 5.39. The highest BCUT2D eigenvalue weighted by atomic mass is 16.1. The van der Waals surface area contributed by atoms with E-state index in [9.17, 15) is 4.79 Å². The lowest BCUT2D eigenvalue weighted by Crippen LogP contribution is -2.31. The van der Waals surface area contributed by atoms with Gasteiger partial charge in [-0.2, -0.15) is 5.26 Å². The minimum Gasteiger partial charge on any atom is -0.299 e. The Balaban J connectivity index is 2.51. The quantitative estimate of drug-likeness (QED) is 0.642. The zero-order valence-corrected chi connectivity index (χ0v) is 9.34. The highest BCUT2D eigenvalue weighted by Crippen LogP contribution is 2.33. The molecule has 0 heterocycles. The Bertz CT molecular complexity index is 248. The van der Waals surface area contributed by atoms with Gasteiger partial charge in [0.25, 0.3) is 0 Å². The van der Waals surface area contributed by atoms with E-state index in [1.165, 1.54) is 0 Å². The lowest BCUT2D eigenvalue weighted by Gasteiger charge is -2.29. The molecule has 2 nitrogen and oxygen atoms in total. The fourth-order valence-electron chi connectivity index (χ4n) is 2.10. The molecule has 0 atom stereocenters. The number of Topliss-reactive ketones (excluding diaryl/α,β-unsaturated/α-hetero) is 1. The van der Waals surface area contributed by atoms with Gasteiger partial charge < -0.3 is 0 Å². The third-order valence-corrected chi connectivity index (χ3v) is 3.02. The molecule has 0 aliphatic heterocycles. The van der Waals surface area contributed by atoms with E-state index in [4.69, 9.17) is 5.26 Å². The van der Waals surface area contributed by atoms with Gasteiger partial charge in [0.15, 0.2) is 0 Å². The summed E-state index contributed by atoms with van der Waals surface area (Å²) >= 11 is 0. The molecule has 0 aromatic heterocycles. The molecule has 78 valence electrons. The molecule has 1 saturated carbocycles. The zero-order chi connectivity index (χ0) is 10.8. The fourth-order valence-corrected chi connectivity index (χ4v) is 2.10. The minimum absolute atomic E-state index is 0.194. The number of hydrogen-bond donors (Lipinski definition) is 0.